The smallest absolute Gasteiger partial charge is 0.163 e. The summed E-state index contributed by atoms with van der Waals surface area (Å²) in [4.78, 5) is 8.75. The van der Waals surface area contributed by atoms with Gasteiger partial charge < -0.3 is 10.5 Å². The topological polar surface area (TPSA) is 78.9 Å². The molecule has 2 rings (SSSR count). The van der Waals surface area contributed by atoms with Gasteiger partial charge in [0.15, 0.2) is 11.5 Å². The third kappa shape index (κ3) is 4.14. The number of hydrogen-bond donors (Lipinski definition) is 1. The number of nitrogen functional groups attached to an aromatic ring is 1. The van der Waals surface area contributed by atoms with E-state index in [1.54, 1.807) is 10.9 Å². The number of ether oxygens (including phenoxy) is 1. The van der Waals surface area contributed by atoms with E-state index < -0.39 is 0 Å². The Morgan fingerprint density at radius 1 is 1.29 bits per heavy atom. The molecule has 6 heteroatoms. The van der Waals surface area contributed by atoms with Crippen LogP contribution in [0.2, 0.25) is 0 Å². The molecule has 2 aromatic rings. The van der Waals surface area contributed by atoms with Crippen molar-refractivity contribution in [2.75, 3.05) is 5.73 Å². The molecule has 0 saturated heterocycles. The highest BCUT2D eigenvalue weighted by atomic mass is 16.5. The van der Waals surface area contributed by atoms with E-state index in [0.717, 1.165) is 17.5 Å². The van der Waals surface area contributed by atoms with Crippen molar-refractivity contribution in [2.24, 2.45) is 7.05 Å². The summed E-state index contributed by atoms with van der Waals surface area (Å²) in [6.45, 7) is 4.70. The maximum atomic E-state index is 5.93. The minimum atomic E-state index is 0.217. The van der Waals surface area contributed by atoms with Crippen molar-refractivity contribution in [1.82, 2.24) is 19.7 Å². The molecule has 0 aliphatic heterocycles. The zero-order chi connectivity index (χ0) is 15.2. The molecular formula is C15H25N5O. The van der Waals surface area contributed by atoms with Crippen LogP contribution < -0.4 is 5.73 Å². The zero-order valence-electron chi connectivity index (χ0n) is 13.2. The fourth-order valence-electron chi connectivity index (χ4n) is 2.31. The second kappa shape index (κ2) is 7.36. The predicted molar refractivity (Wildman–Crippen MR) is 83.7 cm³/mol. The molecule has 0 aromatic carbocycles. The predicted octanol–water partition coefficient (Wildman–Crippen LogP) is 2.82. The molecule has 0 radical (unpaired) electrons. The Labute approximate surface area is 125 Å². The first-order valence-electron chi connectivity index (χ1n) is 7.67. The van der Waals surface area contributed by atoms with Gasteiger partial charge >= 0.3 is 0 Å². The third-order valence-electron chi connectivity index (χ3n) is 3.63. The second-order valence-electron chi connectivity index (χ2n) is 5.50. The molecule has 0 fully saturated rings. The number of unbranched alkanes of at least 4 members (excludes halogenated alkanes) is 3. The third-order valence-corrected chi connectivity index (χ3v) is 3.63. The monoisotopic (exact) mass is 291 g/mol. The summed E-state index contributed by atoms with van der Waals surface area (Å²) in [5.41, 5.74) is 6.68. The summed E-state index contributed by atoms with van der Waals surface area (Å²) >= 11 is 0. The van der Waals surface area contributed by atoms with Crippen LogP contribution in [-0.2, 0) is 18.4 Å². The van der Waals surface area contributed by atoms with Gasteiger partial charge in [-0.25, -0.2) is 9.97 Å². The van der Waals surface area contributed by atoms with Crippen molar-refractivity contribution in [2.45, 2.75) is 58.7 Å². The van der Waals surface area contributed by atoms with Crippen LogP contribution in [0.5, 0.6) is 0 Å². The molecule has 0 amide bonds. The summed E-state index contributed by atoms with van der Waals surface area (Å²) in [6.07, 6.45) is 8.01. The fraction of sp³-hybridized carbons (Fsp3) is 0.667. The van der Waals surface area contributed by atoms with Gasteiger partial charge in [0.25, 0.3) is 0 Å². The van der Waals surface area contributed by atoms with Crippen LogP contribution in [-0.4, -0.2) is 25.9 Å². The minimum absolute atomic E-state index is 0.217. The van der Waals surface area contributed by atoms with Crippen LogP contribution in [0, 0.1) is 0 Å². The van der Waals surface area contributed by atoms with E-state index in [9.17, 15) is 0 Å². The molecule has 0 bridgehead atoms. The Morgan fingerprint density at radius 2 is 2.10 bits per heavy atom. The number of hydrogen-bond acceptors (Lipinski definition) is 5. The standard InChI is InChI=1S/C15H25N5O/c1-4-5-6-7-8-11(2)21-10-13-18-14(16)12-9-17-20(3)15(12)19-13/h9,11H,4-8,10H2,1-3H3,(H2,16,18,19). The molecule has 1 unspecified atom stereocenters. The minimum Gasteiger partial charge on any atom is -0.383 e. The lowest BCUT2D eigenvalue weighted by molar-refractivity contribution is 0.0421. The molecule has 21 heavy (non-hydrogen) atoms. The maximum Gasteiger partial charge on any atom is 0.163 e. The molecule has 6 nitrogen and oxygen atoms in total. The molecule has 2 N–H and O–H groups in total. The Bertz CT molecular complexity index is 581. The molecule has 116 valence electrons. The van der Waals surface area contributed by atoms with Crippen LogP contribution in [0.1, 0.15) is 51.8 Å². The second-order valence-corrected chi connectivity index (χ2v) is 5.50. The molecular weight excluding hydrogens is 266 g/mol. The van der Waals surface area contributed by atoms with Gasteiger partial charge in [0.1, 0.15) is 12.4 Å². The largest absolute Gasteiger partial charge is 0.383 e. The first-order valence-corrected chi connectivity index (χ1v) is 7.67. The van der Waals surface area contributed by atoms with Crippen LogP contribution >= 0.6 is 0 Å². The molecule has 0 aliphatic carbocycles. The molecule has 0 spiro atoms. The number of nitrogens with two attached hydrogens (primary N) is 1. The van der Waals surface area contributed by atoms with Crippen molar-refractivity contribution in [3.63, 3.8) is 0 Å². The number of aromatic nitrogens is 4. The van der Waals surface area contributed by atoms with Gasteiger partial charge in [-0.05, 0) is 13.3 Å². The van der Waals surface area contributed by atoms with Crippen molar-refractivity contribution in [1.29, 1.82) is 0 Å². The van der Waals surface area contributed by atoms with E-state index in [0.29, 0.717) is 18.2 Å². The average Bonchev–Trinajstić information content (AvgIpc) is 2.84. The summed E-state index contributed by atoms with van der Waals surface area (Å²) in [7, 11) is 1.84. The zero-order valence-corrected chi connectivity index (χ0v) is 13.2. The van der Waals surface area contributed by atoms with E-state index >= 15 is 0 Å². The number of fused-ring (bicyclic) bond motifs is 1. The SMILES string of the molecule is CCCCCCC(C)OCc1nc(N)c2cnn(C)c2n1. The van der Waals surface area contributed by atoms with Gasteiger partial charge in [0, 0.05) is 7.05 Å². The molecule has 0 aliphatic rings. The summed E-state index contributed by atoms with van der Waals surface area (Å²) in [6, 6.07) is 0. The van der Waals surface area contributed by atoms with Crippen molar-refractivity contribution < 1.29 is 4.74 Å². The van der Waals surface area contributed by atoms with Gasteiger partial charge in [-0.15, -0.1) is 0 Å². The lowest BCUT2D eigenvalue weighted by atomic mass is 10.1. The van der Waals surface area contributed by atoms with Crippen LogP contribution in [0.3, 0.4) is 0 Å². The normalized spacial score (nSPS) is 12.9. The van der Waals surface area contributed by atoms with E-state index in [1.807, 2.05) is 7.05 Å². The Morgan fingerprint density at radius 3 is 2.86 bits per heavy atom. The number of rotatable bonds is 8. The van der Waals surface area contributed by atoms with E-state index in [-0.39, 0.29) is 6.10 Å². The van der Waals surface area contributed by atoms with Gasteiger partial charge in [-0.3, -0.25) is 4.68 Å². The number of aryl methyl sites for hydroxylation is 1. The average molecular weight is 291 g/mol. The summed E-state index contributed by atoms with van der Waals surface area (Å²) < 4.78 is 7.52. The summed E-state index contributed by atoms with van der Waals surface area (Å²) in [5, 5.41) is 4.93. The van der Waals surface area contributed by atoms with Gasteiger partial charge in [0.05, 0.1) is 17.7 Å². The van der Waals surface area contributed by atoms with Crippen molar-refractivity contribution in [3.05, 3.63) is 12.0 Å². The lowest BCUT2D eigenvalue weighted by Crippen LogP contribution is -2.11. The van der Waals surface area contributed by atoms with Crippen molar-refractivity contribution >= 4 is 16.9 Å². The van der Waals surface area contributed by atoms with Gasteiger partial charge in [-0.1, -0.05) is 32.6 Å². The highest BCUT2D eigenvalue weighted by Crippen LogP contribution is 2.17. The first kappa shape index (κ1) is 15.7. The number of anilines is 1. The highest BCUT2D eigenvalue weighted by Gasteiger charge is 2.10. The molecule has 2 heterocycles. The van der Waals surface area contributed by atoms with Gasteiger partial charge in [0.2, 0.25) is 0 Å². The first-order chi connectivity index (χ1) is 10.1. The van der Waals surface area contributed by atoms with Crippen LogP contribution in [0.25, 0.3) is 11.0 Å². The molecule has 2 aromatic heterocycles. The highest BCUT2D eigenvalue weighted by molar-refractivity contribution is 5.84. The maximum absolute atomic E-state index is 5.93. The quantitative estimate of drug-likeness (QED) is 0.757. The van der Waals surface area contributed by atoms with Gasteiger partial charge in [-0.2, -0.15) is 5.10 Å². The van der Waals surface area contributed by atoms with Crippen LogP contribution in [0.4, 0.5) is 5.82 Å². The fourth-order valence-corrected chi connectivity index (χ4v) is 2.31. The van der Waals surface area contributed by atoms with Crippen molar-refractivity contribution in [3.8, 4) is 0 Å². The molecule has 0 saturated carbocycles. The van der Waals surface area contributed by atoms with E-state index in [1.165, 1.54) is 25.7 Å². The van der Waals surface area contributed by atoms with Crippen LogP contribution in [0.15, 0.2) is 6.20 Å². The Hall–Kier alpha value is -1.69. The Kier molecular flexibility index (Phi) is 5.50. The summed E-state index contributed by atoms with van der Waals surface area (Å²) in [5.74, 6) is 1.08. The van der Waals surface area contributed by atoms with E-state index in [4.69, 9.17) is 10.5 Å². The number of nitrogens with zero attached hydrogens (tertiary/aromatic N) is 4. The lowest BCUT2D eigenvalue weighted by Gasteiger charge is -2.12. The molecule has 1 atom stereocenters. The Balaban J connectivity index is 1.89. The van der Waals surface area contributed by atoms with E-state index in [2.05, 4.69) is 28.9 Å².